The second kappa shape index (κ2) is 17.0. The molecule has 0 aromatic heterocycles. The van der Waals surface area contributed by atoms with E-state index in [2.05, 4.69) is 37.5 Å². The fourth-order valence-electron chi connectivity index (χ4n) is 2.43. The number of rotatable bonds is 12. The average molecular weight is 374 g/mol. The van der Waals surface area contributed by atoms with Crippen LogP contribution in [-0.2, 0) is 4.57 Å². The molecule has 0 heterocycles. The Morgan fingerprint density at radius 1 is 0.913 bits per heavy atom. The Balaban J connectivity index is 0. The minimum Gasteiger partial charge on any atom is -0.395 e. The molecule has 0 aliphatic heterocycles. The summed E-state index contributed by atoms with van der Waals surface area (Å²) in [5, 5.41) is 9.20. The van der Waals surface area contributed by atoms with Crippen LogP contribution < -0.4 is 0 Å². The van der Waals surface area contributed by atoms with E-state index >= 15 is 0 Å². The van der Waals surface area contributed by atoms with Crippen molar-refractivity contribution in [1.29, 1.82) is 0 Å². The van der Waals surface area contributed by atoms with E-state index in [4.69, 9.17) is 26.0 Å². The lowest BCUT2D eigenvalue weighted by Gasteiger charge is -2.27. The lowest BCUT2D eigenvalue weighted by atomic mass is 9.96. The van der Waals surface area contributed by atoms with Crippen molar-refractivity contribution in [2.24, 2.45) is 5.92 Å². The molecule has 3 N–H and O–H groups in total. The maximum absolute atomic E-state index is 9.31. The normalized spacial score (nSPS) is 12.5. The molecule has 0 aliphatic carbocycles. The van der Waals surface area contributed by atoms with Crippen LogP contribution >= 0.6 is 19.9 Å². The van der Waals surface area contributed by atoms with Gasteiger partial charge in [0.15, 0.2) is 0 Å². The van der Waals surface area contributed by atoms with Crippen molar-refractivity contribution in [3.63, 3.8) is 0 Å². The largest absolute Gasteiger partial charge is 0.692 e. The SMILES string of the molecule is CCN(CC)CCC(CCN(CC)CC)C(Cl)CO.O=[P+](O)O. The summed E-state index contributed by atoms with van der Waals surface area (Å²) < 4.78 is 8.70. The van der Waals surface area contributed by atoms with E-state index in [-0.39, 0.29) is 12.0 Å². The van der Waals surface area contributed by atoms with Gasteiger partial charge in [0.05, 0.1) is 12.0 Å². The van der Waals surface area contributed by atoms with Crippen LogP contribution in [0.3, 0.4) is 0 Å². The molecule has 23 heavy (non-hydrogen) atoms. The van der Waals surface area contributed by atoms with Crippen LogP contribution in [-0.4, -0.2) is 75.9 Å². The summed E-state index contributed by atoms with van der Waals surface area (Å²) in [5.74, 6) is 0.410. The number of alkyl halides is 1. The van der Waals surface area contributed by atoms with Gasteiger partial charge >= 0.3 is 8.25 Å². The lowest BCUT2D eigenvalue weighted by Crippen LogP contribution is -2.32. The van der Waals surface area contributed by atoms with Gasteiger partial charge in [-0.05, 0) is 58.0 Å². The molecule has 0 radical (unpaired) electrons. The Labute approximate surface area is 147 Å². The second-order valence-electron chi connectivity index (χ2n) is 5.34. The Morgan fingerprint density at radius 2 is 1.22 bits per heavy atom. The molecular weight excluding hydrogens is 339 g/mol. The Kier molecular flexibility index (Phi) is 18.8. The lowest BCUT2D eigenvalue weighted by molar-refractivity contribution is 0.206. The number of hydrogen-bond donors (Lipinski definition) is 3. The van der Waals surface area contributed by atoms with Crippen LogP contribution in [0.1, 0.15) is 40.5 Å². The monoisotopic (exact) mass is 373 g/mol. The van der Waals surface area contributed by atoms with Crippen molar-refractivity contribution in [1.82, 2.24) is 9.80 Å². The van der Waals surface area contributed by atoms with E-state index < -0.39 is 8.25 Å². The number of nitrogens with zero attached hydrogens (tertiary/aromatic N) is 2. The summed E-state index contributed by atoms with van der Waals surface area (Å²) in [6, 6.07) is 0. The van der Waals surface area contributed by atoms with Gasteiger partial charge < -0.3 is 14.9 Å². The second-order valence-corrected chi connectivity index (χ2v) is 6.41. The van der Waals surface area contributed by atoms with Gasteiger partial charge in [-0.15, -0.1) is 21.4 Å². The highest BCUT2D eigenvalue weighted by atomic mass is 35.5. The molecule has 0 bridgehead atoms. The molecule has 0 rings (SSSR count). The molecule has 1 unspecified atom stereocenters. The first kappa shape index (κ1) is 25.4. The maximum Gasteiger partial charge on any atom is 0.692 e. The molecule has 1 atom stereocenters. The summed E-state index contributed by atoms with van der Waals surface area (Å²) in [4.78, 5) is 19.1. The predicted octanol–water partition coefficient (Wildman–Crippen LogP) is 2.29. The van der Waals surface area contributed by atoms with E-state index in [1.807, 2.05) is 0 Å². The fourth-order valence-corrected chi connectivity index (χ4v) is 2.68. The van der Waals surface area contributed by atoms with Crippen molar-refractivity contribution in [2.75, 3.05) is 45.9 Å². The van der Waals surface area contributed by atoms with Gasteiger partial charge in [0, 0.05) is 4.57 Å². The molecule has 0 amide bonds. The number of hydrogen-bond acceptors (Lipinski definition) is 4. The van der Waals surface area contributed by atoms with Gasteiger partial charge in [-0.3, -0.25) is 0 Å². The summed E-state index contributed by atoms with van der Waals surface area (Å²) in [7, 11) is -2.87. The third-order valence-corrected chi connectivity index (χ3v) is 4.60. The van der Waals surface area contributed by atoms with Crippen LogP contribution in [0, 0.1) is 5.92 Å². The van der Waals surface area contributed by atoms with Crippen molar-refractivity contribution >= 4 is 19.9 Å². The van der Waals surface area contributed by atoms with Gasteiger partial charge in [0.2, 0.25) is 0 Å². The molecular formula is C15H35ClN2O4P+. The quantitative estimate of drug-likeness (QED) is 0.359. The zero-order valence-electron chi connectivity index (χ0n) is 15.0. The third-order valence-electron chi connectivity index (χ3n) is 4.11. The van der Waals surface area contributed by atoms with Gasteiger partial charge in [-0.1, -0.05) is 27.7 Å². The van der Waals surface area contributed by atoms with Crippen LogP contribution in [0.4, 0.5) is 0 Å². The predicted molar refractivity (Wildman–Crippen MR) is 97.1 cm³/mol. The molecule has 8 heteroatoms. The summed E-state index contributed by atoms with van der Waals surface area (Å²) in [5.41, 5.74) is 0. The molecule has 0 aromatic rings. The van der Waals surface area contributed by atoms with Crippen LogP contribution in [0.2, 0.25) is 0 Å². The Bertz CT molecular complexity index is 260. The fraction of sp³-hybridized carbons (Fsp3) is 1.00. The van der Waals surface area contributed by atoms with Crippen molar-refractivity contribution in [2.45, 2.75) is 45.9 Å². The maximum atomic E-state index is 9.31. The van der Waals surface area contributed by atoms with E-state index in [1.165, 1.54) is 0 Å². The van der Waals surface area contributed by atoms with Crippen LogP contribution in [0.25, 0.3) is 0 Å². The highest BCUT2D eigenvalue weighted by Gasteiger charge is 2.19. The van der Waals surface area contributed by atoms with Gasteiger partial charge in [-0.2, -0.15) is 0 Å². The molecule has 0 saturated heterocycles. The van der Waals surface area contributed by atoms with Crippen LogP contribution in [0.5, 0.6) is 0 Å². The van der Waals surface area contributed by atoms with Gasteiger partial charge in [0.25, 0.3) is 0 Å². The van der Waals surface area contributed by atoms with E-state index in [0.29, 0.717) is 5.92 Å². The first-order chi connectivity index (χ1) is 10.9. The molecule has 0 spiro atoms. The first-order valence-corrected chi connectivity index (χ1v) is 10.0. The minimum absolute atomic E-state index is 0.0860. The minimum atomic E-state index is -2.87. The highest BCUT2D eigenvalue weighted by molar-refractivity contribution is 7.30. The smallest absolute Gasteiger partial charge is 0.395 e. The number of aliphatic hydroxyl groups is 1. The molecule has 0 aromatic carbocycles. The van der Waals surface area contributed by atoms with Crippen molar-refractivity contribution in [3.05, 3.63) is 0 Å². The molecule has 6 nitrogen and oxygen atoms in total. The first-order valence-electron chi connectivity index (χ1n) is 8.40. The van der Waals surface area contributed by atoms with Crippen LogP contribution in [0.15, 0.2) is 0 Å². The topological polar surface area (TPSA) is 84.2 Å². The number of aliphatic hydroxyl groups excluding tert-OH is 1. The van der Waals surface area contributed by atoms with Gasteiger partial charge in [-0.25, -0.2) is 0 Å². The average Bonchev–Trinajstić information content (AvgIpc) is 2.53. The molecule has 0 fully saturated rings. The molecule has 0 saturated carbocycles. The standard InChI is InChI=1S/C15H33ClN2O.HO3P/c1-5-17(6-2)11-9-14(15(16)13-19)10-12-18(7-3)8-4;1-4(2)3/h14-15,19H,5-13H2,1-4H3;(H-,1,2,3)/p+1. The van der Waals surface area contributed by atoms with Crippen molar-refractivity contribution in [3.8, 4) is 0 Å². The van der Waals surface area contributed by atoms with Gasteiger partial charge in [0.1, 0.15) is 0 Å². The summed E-state index contributed by atoms with van der Waals surface area (Å²) in [6.07, 6.45) is 2.16. The van der Waals surface area contributed by atoms with E-state index in [1.54, 1.807) is 0 Å². The molecule has 0 aliphatic rings. The zero-order chi connectivity index (χ0) is 18.3. The summed E-state index contributed by atoms with van der Waals surface area (Å²) >= 11 is 6.28. The summed E-state index contributed by atoms with van der Waals surface area (Å²) in [6.45, 7) is 15.4. The third kappa shape index (κ3) is 15.5. The highest BCUT2D eigenvalue weighted by Crippen LogP contribution is 2.20. The zero-order valence-corrected chi connectivity index (χ0v) is 16.6. The Morgan fingerprint density at radius 3 is 1.43 bits per heavy atom. The van der Waals surface area contributed by atoms with E-state index in [0.717, 1.165) is 52.1 Å². The van der Waals surface area contributed by atoms with E-state index in [9.17, 15) is 5.11 Å². The van der Waals surface area contributed by atoms with Crippen molar-refractivity contribution < 1.29 is 19.5 Å². The molecule has 140 valence electrons. The Hall–Kier alpha value is 0.190. The number of halogens is 1.